The number of piperidine rings is 1. The number of nitrogens with one attached hydrogen (secondary N) is 1. The monoisotopic (exact) mass is 612 g/mol. The molecular formula is C29H21F5N6O4. The van der Waals surface area contributed by atoms with Gasteiger partial charge in [-0.1, -0.05) is 0 Å². The molecule has 2 aromatic carbocycles. The molecule has 2 aliphatic rings. The normalized spacial score (nSPS) is 16.5. The number of halogens is 5. The number of hydrogen-bond donors (Lipinski definition) is 2. The molecule has 0 unspecified atom stereocenters. The molecule has 2 fully saturated rings. The van der Waals surface area contributed by atoms with Crippen molar-refractivity contribution in [2.75, 3.05) is 18.0 Å². The van der Waals surface area contributed by atoms with Crippen LogP contribution in [0.1, 0.15) is 28.9 Å². The second kappa shape index (κ2) is 10.4. The van der Waals surface area contributed by atoms with Crippen molar-refractivity contribution in [3.05, 3.63) is 89.9 Å². The minimum absolute atomic E-state index is 0.0235. The maximum Gasteiger partial charge on any atom is 0.419 e. The van der Waals surface area contributed by atoms with E-state index >= 15 is 0 Å². The van der Waals surface area contributed by atoms with Gasteiger partial charge >= 0.3 is 12.2 Å². The van der Waals surface area contributed by atoms with E-state index < -0.39 is 52.5 Å². The molecule has 1 spiro atoms. The molecule has 6 rings (SSSR count). The number of alkyl halides is 3. The Labute approximate surface area is 245 Å². The van der Waals surface area contributed by atoms with Gasteiger partial charge in [-0.3, -0.25) is 24.8 Å². The number of likely N-dealkylation sites (tertiary alicyclic amines) is 1. The van der Waals surface area contributed by atoms with Gasteiger partial charge in [-0.05, 0) is 55.3 Å². The fourth-order valence-electron chi connectivity index (χ4n) is 5.56. The van der Waals surface area contributed by atoms with Crippen LogP contribution in [0.2, 0.25) is 0 Å². The van der Waals surface area contributed by atoms with Crippen LogP contribution in [0.3, 0.4) is 0 Å². The average molecular weight is 613 g/mol. The maximum absolute atomic E-state index is 14.5. The molecule has 15 heteroatoms. The Bertz CT molecular complexity index is 1800. The summed E-state index contributed by atoms with van der Waals surface area (Å²) in [6.45, 7) is -0.0469. The molecule has 4 heterocycles. The molecule has 2 aromatic heterocycles. The Balaban J connectivity index is 1.30. The maximum atomic E-state index is 14.5. The molecule has 0 bridgehead atoms. The summed E-state index contributed by atoms with van der Waals surface area (Å²) >= 11 is 0. The first-order valence-corrected chi connectivity index (χ1v) is 13.2. The van der Waals surface area contributed by atoms with Crippen LogP contribution in [-0.4, -0.2) is 61.2 Å². The van der Waals surface area contributed by atoms with E-state index in [1.807, 2.05) is 0 Å². The van der Waals surface area contributed by atoms with Crippen molar-refractivity contribution in [2.24, 2.45) is 0 Å². The highest BCUT2D eigenvalue weighted by Gasteiger charge is 2.55. The number of rotatable bonds is 4. The van der Waals surface area contributed by atoms with Crippen molar-refractivity contribution >= 4 is 23.5 Å². The Kier molecular flexibility index (Phi) is 6.82. The van der Waals surface area contributed by atoms with Crippen molar-refractivity contribution in [3.8, 4) is 22.7 Å². The smallest absolute Gasteiger partial charge is 0.419 e. The molecular weight excluding hydrogens is 591 g/mol. The zero-order valence-electron chi connectivity index (χ0n) is 22.5. The number of urea groups is 1. The minimum atomic E-state index is -4.90. The highest BCUT2D eigenvalue weighted by molar-refractivity contribution is 6.17. The molecule has 2 saturated heterocycles. The first-order valence-electron chi connectivity index (χ1n) is 13.2. The number of pyridine rings is 1. The van der Waals surface area contributed by atoms with Gasteiger partial charge in [0.15, 0.2) is 5.69 Å². The van der Waals surface area contributed by atoms with Gasteiger partial charge < -0.3 is 10.0 Å². The predicted molar refractivity (Wildman–Crippen MR) is 144 cm³/mol. The van der Waals surface area contributed by atoms with Gasteiger partial charge in [0.05, 0.1) is 22.6 Å². The van der Waals surface area contributed by atoms with E-state index in [1.54, 1.807) is 12.1 Å². The Morgan fingerprint density at radius 1 is 0.955 bits per heavy atom. The van der Waals surface area contributed by atoms with Crippen LogP contribution in [-0.2, 0) is 11.0 Å². The first kappa shape index (κ1) is 28.8. The summed E-state index contributed by atoms with van der Waals surface area (Å²) < 4.78 is 68.7. The number of carbonyl (C=O) groups is 3. The number of benzene rings is 2. The van der Waals surface area contributed by atoms with E-state index in [1.165, 1.54) is 29.4 Å². The molecule has 10 nitrogen and oxygen atoms in total. The number of aromatic nitrogens is 3. The molecule has 2 aliphatic heterocycles. The van der Waals surface area contributed by atoms with Crippen LogP contribution in [0, 0.1) is 11.6 Å². The van der Waals surface area contributed by atoms with Gasteiger partial charge in [0, 0.05) is 43.2 Å². The van der Waals surface area contributed by atoms with E-state index in [4.69, 9.17) is 0 Å². The minimum Gasteiger partial charge on any atom is -0.506 e. The lowest BCUT2D eigenvalue weighted by atomic mass is 9.85. The summed E-state index contributed by atoms with van der Waals surface area (Å²) in [7, 11) is 0. The van der Waals surface area contributed by atoms with E-state index in [9.17, 15) is 41.4 Å². The van der Waals surface area contributed by atoms with Crippen molar-refractivity contribution in [2.45, 2.75) is 24.6 Å². The van der Waals surface area contributed by atoms with Crippen LogP contribution in [0.5, 0.6) is 5.75 Å². The van der Waals surface area contributed by atoms with E-state index in [2.05, 4.69) is 15.4 Å². The number of amides is 4. The molecule has 0 atom stereocenters. The third-order valence-corrected chi connectivity index (χ3v) is 7.74. The second-order valence-electron chi connectivity index (χ2n) is 10.3. The highest BCUT2D eigenvalue weighted by Crippen LogP contribution is 2.41. The summed E-state index contributed by atoms with van der Waals surface area (Å²) in [6, 6.07) is 9.11. The van der Waals surface area contributed by atoms with Gasteiger partial charge in [0.2, 0.25) is 0 Å². The quantitative estimate of drug-likeness (QED) is 0.256. The highest BCUT2D eigenvalue weighted by atomic mass is 19.4. The second-order valence-corrected chi connectivity index (χ2v) is 10.3. The van der Waals surface area contributed by atoms with Crippen molar-refractivity contribution in [3.63, 3.8) is 0 Å². The summed E-state index contributed by atoms with van der Waals surface area (Å²) in [5.74, 6) is -4.01. The number of nitrogens with zero attached hydrogens (tertiary/aromatic N) is 5. The third kappa shape index (κ3) is 4.79. The summed E-state index contributed by atoms with van der Waals surface area (Å²) in [5.41, 5.74) is -2.36. The zero-order valence-corrected chi connectivity index (χ0v) is 22.5. The molecule has 2 N–H and O–H groups in total. The fourth-order valence-corrected chi connectivity index (χ4v) is 5.56. The average Bonchev–Trinajstić information content (AvgIpc) is 3.52. The van der Waals surface area contributed by atoms with Crippen molar-refractivity contribution in [1.82, 2.24) is 25.0 Å². The molecule has 4 aromatic rings. The number of phenols is 1. The van der Waals surface area contributed by atoms with Crippen LogP contribution in [0.25, 0.3) is 16.9 Å². The number of phenolic OH excluding ortho intramolecular Hbond substituents is 1. The number of anilines is 1. The Morgan fingerprint density at radius 3 is 2.30 bits per heavy atom. The van der Waals surface area contributed by atoms with E-state index in [0.29, 0.717) is 17.7 Å². The predicted octanol–water partition coefficient (Wildman–Crippen LogP) is 4.67. The van der Waals surface area contributed by atoms with Gasteiger partial charge in [-0.25, -0.2) is 18.3 Å². The molecule has 0 aliphatic carbocycles. The third-order valence-electron chi connectivity index (χ3n) is 7.74. The van der Waals surface area contributed by atoms with Gasteiger partial charge in [-0.2, -0.15) is 18.3 Å². The summed E-state index contributed by atoms with van der Waals surface area (Å²) in [6.07, 6.45) is -2.04. The molecule has 4 amide bonds. The van der Waals surface area contributed by atoms with Gasteiger partial charge in [-0.15, -0.1) is 0 Å². The zero-order chi connectivity index (χ0) is 31.4. The first-order chi connectivity index (χ1) is 20.9. The SMILES string of the molecule is O=C(c1cc(-c2ccncc2)n(-c2ccc(C(F)(F)F)c(F)c2)n1)N1CCC2(CC1)C(=O)NC(=O)N2c1ccc(F)cc1O. The Hall–Kier alpha value is -5.34. The van der Waals surface area contributed by atoms with Crippen LogP contribution in [0.4, 0.5) is 32.4 Å². The fraction of sp³-hybridized carbons (Fsp3) is 0.207. The van der Waals surface area contributed by atoms with E-state index in [-0.39, 0.29) is 48.7 Å². The molecule has 0 saturated carbocycles. The van der Waals surface area contributed by atoms with Crippen LogP contribution >= 0.6 is 0 Å². The number of aromatic hydroxyl groups is 1. The largest absolute Gasteiger partial charge is 0.506 e. The standard InChI is InChI=1S/C29H21F5N6O4/c30-17-1-4-22(24(41)13-17)39-27(44)36-26(43)28(39)7-11-38(12-8-28)25(42)21-15-23(16-5-9-35-10-6-16)40(37-21)18-2-3-19(20(31)14-18)29(32,33)34/h1-6,9-10,13-15,41H,7-8,11-12H2,(H,36,43,44). The molecule has 0 radical (unpaired) electrons. The van der Waals surface area contributed by atoms with Crippen LogP contribution < -0.4 is 10.2 Å². The van der Waals surface area contributed by atoms with Gasteiger partial charge in [0.25, 0.3) is 11.8 Å². The number of carbonyl (C=O) groups excluding carboxylic acids is 3. The van der Waals surface area contributed by atoms with Crippen LogP contribution in [0.15, 0.2) is 67.0 Å². The molecule has 44 heavy (non-hydrogen) atoms. The lowest BCUT2D eigenvalue weighted by Crippen LogP contribution is -2.57. The summed E-state index contributed by atoms with van der Waals surface area (Å²) in [4.78, 5) is 45.8. The molecule has 226 valence electrons. The summed E-state index contributed by atoms with van der Waals surface area (Å²) in [5, 5.41) is 16.9. The lowest BCUT2D eigenvalue weighted by Gasteiger charge is -2.42. The number of hydrogen-bond acceptors (Lipinski definition) is 6. The number of imide groups is 1. The van der Waals surface area contributed by atoms with Gasteiger partial charge in [0.1, 0.15) is 22.9 Å². The van der Waals surface area contributed by atoms with Crippen molar-refractivity contribution < 1.29 is 41.4 Å². The van der Waals surface area contributed by atoms with Crippen molar-refractivity contribution in [1.29, 1.82) is 0 Å². The Morgan fingerprint density at radius 2 is 1.66 bits per heavy atom. The topological polar surface area (TPSA) is 121 Å². The lowest BCUT2D eigenvalue weighted by molar-refractivity contribution is -0.140. The van der Waals surface area contributed by atoms with E-state index in [0.717, 1.165) is 27.8 Å².